The summed E-state index contributed by atoms with van der Waals surface area (Å²) in [5.41, 5.74) is 5.72. The number of hydrogen-bond acceptors (Lipinski definition) is 0. The molecule has 0 fully saturated rings. The molecule has 0 aliphatic heterocycles. The van der Waals surface area contributed by atoms with Gasteiger partial charge in [-0.2, -0.15) is 0 Å². The molecule has 0 radical (unpaired) electrons. The largest absolute Gasteiger partial charge is 0.0913 e. The van der Waals surface area contributed by atoms with Gasteiger partial charge < -0.3 is 0 Å². The molecule has 70 valence electrons. The van der Waals surface area contributed by atoms with Crippen molar-refractivity contribution in [3.05, 3.63) is 46.5 Å². The Morgan fingerprint density at radius 3 is 2.31 bits per heavy atom. The van der Waals surface area contributed by atoms with Gasteiger partial charge in [-0.15, -0.1) is 0 Å². The molecule has 0 aliphatic carbocycles. The first-order valence-electron chi connectivity index (χ1n) is 4.83. The lowest BCUT2D eigenvalue weighted by Gasteiger charge is -2.09. The van der Waals surface area contributed by atoms with Crippen LogP contribution >= 0.6 is 0 Å². The molecule has 0 aliphatic rings. The topological polar surface area (TPSA) is 0 Å². The Morgan fingerprint density at radius 2 is 1.69 bits per heavy atom. The highest BCUT2D eigenvalue weighted by molar-refractivity contribution is 5.40. The molecule has 0 amide bonds. The highest BCUT2D eigenvalue weighted by Crippen LogP contribution is 2.18. The summed E-state index contributed by atoms with van der Waals surface area (Å²) in [4.78, 5) is 0. The zero-order chi connectivity index (χ0) is 9.84. The van der Waals surface area contributed by atoms with Gasteiger partial charge >= 0.3 is 0 Å². The molecule has 0 heteroatoms. The van der Waals surface area contributed by atoms with Crippen LogP contribution in [-0.2, 0) is 6.42 Å². The Labute approximate surface area is 81.3 Å². The summed E-state index contributed by atoms with van der Waals surface area (Å²) in [5.74, 6) is 0. The van der Waals surface area contributed by atoms with E-state index in [0.29, 0.717) is 0 Å². The standard InChI is InChI=1S/C13H18/c1-5-6-7-13-11(3)9-8-10(2)12(13)4/h5-6,8-9H,7H2,1-4H3. The zero-order valence-corrected chi connectivity index (χ0v) is 9.02. The second-order valence-electron chi connectivity index (χ2n) is 3.58. The fraction of sp³-hybridized carbons (Fsp3) is 0.385. The second kappa shape index (κ2) is 4.27. The van der Waals surface area contributed by atoms with Crippen molar-refractivity contribution in [1.82, 2.24) is 0 Å². The van der Waals surface area contributed by atoms with Gasteiger partial charge in [0.05, 0.1) is 0 Å². The summed E-state index contributed by atoms with van der Waals surface area (Å²) in [5, 5.41) is 0. The van der Waals surface area contributed by atoms with E-state index in [2.05, 4.69) is 52.0 Å². The molecule has 1 aromatic rings. The Balaban J connectivity index is 3.09. The summed E-state index contributed by atoms with van der Waals surface area (Å²) in [6.45, 7) is 8.64. The number of benzene rings is 1. The average molecular weight is 174 g/mol. The van der Waals surface area contributed by atoms with Crippen molar-refractivity contribution < 1.29 is 0 Å². The number of allylic oxidation sites excluding steroid dienone is 2. The zero-order valence-electron chi connectivity index (χ0n) is 9.02. The molecule has 0 bridgehead atoms. The minimum atomic E-state index is 1.07. The molecular formula is C13H18. The lowest BCUT2D eigenvalue weighted by atomic mass is 9.96. The van der Waals surface area contributed by atoms with Crippen molar-refractivity contribution >= 4 is 0 Å². The molecule has 0 nitrogen and oxygen atoms in total. The second-order valence-corrected chi connectivity index (χ2v) is 3.58. The van der Waals surface area contributed by atoms with E-state index in [0.717, 1.165) is 6.42 Å². The van der Waals surface area contributed by atoms with E-state index < -0.39 is 0 Å². The van der Waals surface area contributed by atoms with Gasteiger partial charge in [0.1, 0.15) is 0 Å². The Morgan fingerprint density at radius 1 is 1.08 bits per heavy atom. The van der Waals surface area contributed by atoms with Gasteiger partial charge in [0, 0.05) is 0 Å². The van der Waals surface area contributed by atoms with Crippen molar-refractivity contribution in [2.24, 2.45) is 0 Å². The van der Waals surface area contributed by atoms with Crippen LogP contribution in [0, 0.1) is 20.8 Å². The smallest absolute Gasteiger partial charge is 0.00922 e. The summed E-state index contributed by atoms with van der Waals surface area (Å²) in [7, 11) is 0. The van der Waals surface area contributed by atoms with E-state index in [4.69, 9.17) is 0 Å². The van der Waals surface area contributed by atoms with Crippen LogP contribution in [0.4, 0.5) is 0 Å². The van der Waals surface area contributed by atoms with Gasteiger partial charge in [0.15, 0.2) is 0 Å². The van der Waals surface area contributed by atoms with Crippen molar-refractivity contribution in [3.63, 3.8) is 0 Å². The Hall–Kier alpha value is -1.04. The van der Waals surface area contributed by atoms with E-state index >= 15 is 0 Å². The third kappa shape index (κ3) is 2.21. The van der Waals surface area contributed by atoms with Gasteiger partial charge in [-0.05, 0) is 56.4 Å². The molecule has 0 spiro atoms. The molecule has 0 aromatic heterocycles. The van der Waals surface area contributed by atoms with Gasteiger partial charge in [0.2, 0.25) is 0 Å². The SMILES string of the molecule is CC=CCc1c(C)ccc(C)c1C. The summed E-state index contributed by atoms with van der Waals surface area (Å²) >= 11 is 0. The highest BCUT2D eigenvalue weighted by atomic mass is 14.1. The van der Waals surface area contributed by atoms with Crippen LogP contribution in [0.15, 0.2) is 24.3 Å². The van der Waals surface area contributed by atoms with E-state index in [1.807, 2.05) is 0 Å². The fourth-order valence-corrected chi connectivity index (χ4v) is 1.56. The molecule has 1 rings (SSSR count). The van der Waals surface area contributed by atoms with E-state index in [9.17, 15) is 0 Å². The molecule has 0 saturated heterocycles. The predicted molar refractivity (Wildman–Crippen MR) is 59.2 cm³/mol. The van der Waals surface area contributed by atoms with Crippen LogP contribution in [0.2, 0.25) is 0 Å². The number of hydrogen-bond donors (Lipinski definition) is 0. The maximum Gasteiger partial charge on any atom is -0.00922 e. The molecule has 13 heavy (non-hydrogen) atoms. The van der Waals surface area contributed by atoms with Gasteiger partial charge in [-0.1, -0.05) is 24.3 Å². The third-order valence-corrected chi connectivity index (χ3v) is 2.66. The van der Waals surface area contributed by atoms with E-state index in [-0.39, 0.29) is 0 Å². The minimum Gasteiger partial charge on any atom is -0.0913 e. The molecule has 0 heterocycles. The normalized spacial score (nSPS) is 11.1. The van der Waals surface area contributed by atoms with Crippen LogP contribution in [0.5, 0.6) is 0 Å². The molecule has 1 aromatic carbocycles. The van der Waals surface area contributed by atoms with E-state index in [1.165, 1.54) is 22.3 Å². The van der Waals surface area contributed by atoms with Crippen molar-refractivity contribution in [2.75, 3.05) is 0 Å². The minimum absolute atomic E-state index is 1.07. The van der Waals surface area contributed by atoms with E-state index in [1.54, 1.807) is 0 Å². The number of rotatable bonds is 2. The first-order chi connectivity index (χ1) is 6.16. The highest BCUT2D eigenvalue weighted by Gasteiger charge is 2.02. The monoisotopic (exact) mass is 174 g/mol. The molecule has 0 unspecified atom stereocenters. The van der Waals surface area contributed by atoms with Crippen LogP contribution in [0.25, 0.3) is 0 Å². The fourth-order valence-electron chi connectivity index (χ4n) is 1.56. The maximum absolute atomic E-state index is 2.22. The van der Waals surface area contributed by atoms with Gasteiger partial charge in [-0.3, -0.25) is 0 Å². The van der Waals surface area contributed by atoms with Crippen LogP contribution in [0.3, 0.4) is 0 Å². The van der Waals surface area contributed by atoms with Gasteiger partial charge in [-0.25, -0.2) is 0 Å². The van der Waals surface area contributed by atoms with Crippen molar-refractivity contribution in [2.45, 2.75) is 34.1 Å². The maximum atomic E-state index is 2.22. The molecule has 0 N–H and O–H groups in total. The lowest BCUT2D eigenvalue weighted by molar-refractivity contribution is 1.14. The first kappa shape index (κ1) is 10.0. The molecular weight excluding hydrogens is 156 g/mol. The van der Waals surface area contributed by atoms with Crippen molar-refractivity contribution in [1.29, 1.82) is 0 Å². The van der Waals surface area contributed by atoms with Crippen LogP contribution < -0.4 is 0 Å². The Kier molecular flexibility index (Phi) is 3.30. The Bertz CT molecular complexity index is 319. The van der Waals surface area contributed by atoms with Crippen molar-refractivity contribution in [3.8, 4) is 0 Å². The van der Waals surface area contributed by atoms with Crippen LogP contribution in [-0.4, -0.2) is 0 Å². The third-order valence-electron chi connectivity index (χ3n) is 2.66. The summed E-state index contributed by atoms with van der Waals surface area (Å²) in [6.07, 6.45) is 5.39. The quantitative estimate of drug-likeness (QED) is 0.599. The van der Waals surface area contributed by atoms with Crippen LogP contribution in [0.1, 0.15) is 29.2 Å². The lowest BCUT2D eigenvalue weighted by Crippen LogP contribution is -1.94. The number of aryl methyl sites for hydroxylation is 2. The first-order valence-corrected chi connectivity index (χ1v) is 4.83. The average Bonchev–Trinajstić information content (AvgIpc) is 2.12. The molecule has 0 saturated carbocycles. The predicted octanol–water partition coefficient (Wildman–Crippen LogP) is 3.73. The molecule has 0 atom stereocenters. The summed E-state index contributed by atoms with van der Waals surface area (Å²) < 4.78 is 0. The summed E-state index contributed by atoms with van der Waals surface area (Å²) in [6, 6.07) is 4.41. The van der Waals surface area contributed by atoms with Gasteiger partial charge in [0.25, 0.3) is 0 Å².